The van der Waals surface area contributed by atoms with E-state index in [1.165, 1.54) is 26.9 Å². The van der Waals surface area contributed by atoms with Crippen LogP contribution >= 0.6 is 0 Å². The molecule has 1 aliphatic heterocycles. The summed E-state index contributed by atoms with van der Waals surface area (Å²) in [4.78, 5) is 29.8. The summed E-state index contributed by atoms with van der Waals surface area (Å²) in [5.74, 6) is -0.769. The average molecular weight is 600 g/mol. The molecule has 3 aromatic carbocycles. The number of hydrogen-bond donors (Lipinski definition) is 3. The summed E-state index contributed by atoms with van der Waals surface area (Å²) in [6.07, 6.45) is 3.19. The first kappa shape index (κ1) is 28.7. The van der Waals surface area contributed by atoms with Gasteiger partial charge in [-0.15, -0.1) is 0 Å². The molecule has 0 spiro atoms. The topological polar surface area (TPSA) is 108 Å². The average Bonchev–Trinajstić information content (AvgIpc) is 3.81. The highest BCUT2D eigenvalue weighted by atomic mass is 16.2. The van der Waals surface area contributed by atoms with Gasteiger partial charge in [-0.25, -0.2) is 0 Å². The number of nitrogens with zero attached hydrogens (tertiary/aromatic N) is 4. The lowest BCUT2D eigenvalue weighted by Gasteiger charge is -2.25. The number of anilines is 1. The van der Waals surface area contributed by atoms with Crippen molar-refractivity contribution in [3.8, 4) is 22.3 Å². The minimum absolute atomic E-state index is 0.187. The molecule has 2 aliphatic rings. The van der Waals surface area contributed by atoms with Gasteiger partial charge in [0.25, 0.3) is 5.91 Å². The highest BCUT2D eigenvalue weighted by Crippen LogP contribution is 2.39. The van der Waals surface area contributed by atoms with E-state index in [1.807, 2.05) is 38.1 Å². The molecular formula is C36H37N7O2. The van der Waals surface area contributed by atoms with Gasteiger partial charge in [0.15, 0.2) is 0 Å². The van der Waals surface area contributed by atoms with Gasteiger partial charge in [0.2, 0.25) is 5.91 Å². The van der Waals surface area contributed by atoms with E-state index >= 15 is 0 Å². The fourth-order valence-corrected chi connectivity index (χ4v) is 6.98. The van der Waals surface area contributed by atoms with E-state index in [4.69, 9.17) is 0 Å². The second kappa shape index (κ2) is 11.5. The maximum atomic E-state index is 14.1. The van der Waals surface area contributed by atoms with Crippen LogP contribution < -0.4 is 10.6 Å². The van der Waals surface area contributed by atoms with Crippen LogP contribution in [0.4, 0.5) is 5.69 Å². The van der Waals surface area contributed by atoms with E-state index in [1.54, 1.807) is 19.3 Å². The lowest BCUT2D eigenvalue weighted by Crippen LogP contribution is -2.47. The monoisotopic (exact) mass is 599 g/mol. The van der Waals surface area contributed by atoms with Gasteiger partial charge in [0.1, 0.15) is 11.7 Å². The van der Waals surface area contributed by atoms with E-state index in [2.05, 4.69) is 74.3 Å². The van der Waals surface area contributed by atoms with Crippen LogP contribution in [0.1, 0.15) is 56.5 Å². The van der Waals surface area contributed by atoms with Gasteiger partial charge in [-0.3, -0.25) is 24.3 Å². The van der Waals surface area contributed by atoms with Crippen LogP contribution in [0.25, 0.3) is 22.3 Å². The molecule has 3 N–H and O–H groups in total. The van der Waals surface area contributed by atoms with Crippen molar-refractivity contribution in [1.82, 2.24) is 30.2 Å². The molecule has 0 bridgehead atoms. The van der Waals surface area contributed by atoms with E-state index in [-0.39, 0.29) is 17.7 Å². The zero-order chi connectivity index (χ0) is 31.2. The number of rotatable bonds is 7. The summed E-state index contributed by atoms with van der Waals surface area (Å²) < 4.78 is 1.52. The van der Waals surface area contributed by atoms with Gasteiger partial charge < -0.3 is 10.6 Å². The third kappa shape index (κ3) is 5.44. The normalized spacial score (nSPS) is 16.3. The fraction of sp³-hybridized carbons (Fsp3) is 0.278. The first-order valence-electron chi connectivity index (χ1n) is 15.4. The highest BCUT2D eigenvalue weighted by molar-refractivity contribution is 6.01. The zero-order valence-corrected chi connectivity index (χ0v) is 26.0. The van der Waals surface area contributed by atoms with Crippen LogP contribution in [0.15, 0.2) is 72.9 Å². The Bertz CT molecular complexity index is 1900. The predicted molar refractivity (Wildman–Crippen MR) is 175 cm³/mol. The first-order chi connectivity index (χ1) is 21.7. The Labute approximate surface area is 262 Å². The maximum absolute atomic E-state index is 14.1. The van der Waals surface area contributed by atoms with Crippen molar-refractivity contribution in [1.29, 1.82) is 0 Å². The number of hydrogen-bond acceptors (Lipinski definition) is 5. The van der Waals surface area contributed by atoms with Crippen molar-refractivity contribution < 1.29 is 9.59 Å². The molecule has 228 valence electrons. The lowest BCUT2D eigenvalue weighted by molar-refractivity contribution is -0.118. The van der Waals surface area contributed by atoms with Crippen LogP contribution in [0.3, 0.4) is 0 Å². The summed E-state index contributed by atoms with van der Waals surface area (Å²) in [6, 6.07) is 21.9. The number of amides is 2. The largest absolute Gasteiger partial charge is 0.338 e. The van der Waals surface area contributed by atoms with Crippen molar-refractivity contribution in [2.45, 2.75) is 51.7 Å². The van der Waals surface area contributed by atoms with Crippen LogP contribution in [-0.2, 0) is 31.4 Å². The molecule has 9 heteroatoms. The highest BCUT2D eigenvalue weighted by Gasteiger charge is 2.36. The molecule has 7 rings (SSSR count). The number of benzene rings is 3. The zero-order valence-electron chi connectivity index (χ0n) is 26.0. The third-order valence-corrected chi connectivity index (χ3v) is 9.28. The van der Waals surface area contributed by atoms with Crippen LogP contribution in [-0.4, -0.2) is 49.8 Å². The Kier molecular flexibility index (Phi) is 7.33. The molecule has 1 aliphatic carbocycles. The molecular weight excluding hydrogens is 562 g/mol. The van der Waals surface area contributed by atoms with E-state index in [0.717, 1.165) is 59.6 Å². The van der Waals surface area contributed by atoms with E-state index < -0.39 is 6.04 Å². The minimum Gasteiger partial charge on any atom is -0.338 e. The number of aryl methyl sites for hydroxylation is 4. The van der Waals surface area contributed by atoms with Crippen LogP contribution in [0.2, 0.25) is 0 Å². The third-order valence-electron chi connectivity index (χ3n) is 9.28. The smallest absolute Gasteiger partial charge is 0.270 e. The quantitative estimate of drug-likeness (QED) is 0.229. The molecule has 0 unspecified atom stereocenters. The van der Waals surface area contributed by atoms with Crippen molar-refractivity contribution in [2.75, 3.05) is 12.4 Å². The van der Waals surface area contributed by atoms with Gasteiger partial charge in [-0.1, -0.05) is 42.5 Å². The second-order valence-electron chi connectivity index (χ2n) is 12.4. The van der Waals surface area contributed by atoms with Gasteiger partial charge in [-0.05, 0) is 96.9 Å². The number of nitrogens with one attached hydrogen (secondary N) is 3. The van der Waals surface area contributed by atoms with Gasteiger partial charge in [0, 0.05) is 49.2 Å². The first-order valence-corrected chi connectivity index (χ1v) is 15.4. The summed E-state index contributed by atoms with van der Waals surface area (Å²) in [5, 5.41) is 17.7. The Balaban J connectivity index is 1.19. The number of H-pyrrole nitrogens is 1. The molecule has 0 saturated carbocycles. The molecule has 3 heterocycles. The molecule has 45 heavy (non-hydrogen) atoms. The van der Waals surface area contributed by atoms with Crippen molar-refractivity contribution in [2.24, 2.45) is 7.05 Å². The summed E-state index contributed by atoms with van der Waals surface area (Å²) in [6.45, 7) is 5.88. The van der Waals surface area contributed by atoms with Gasteiger partial charge in [0.05, 0.1) is 5.69 Å². The number of fused-ring (bicyclic) bond motifs is 2. The van der Waals surface area contributed by atoms with Crippen molar-refractivity contribution in [3.63, 3.8) is 0 Å². The number of aromatic amines is 1. The lowest BCUT2D eigenvalue weighted by atomic mass is 9.89. The molecule has 0 saturated heterocycles. The molecule has 2 aromatic heterocycles. The molecule has 2 atom stereocenters. The molecule has 2 amide bonds. The molecule has 5 aromatic rings. The van der Waals surface area contributed by atoms with Crippen molar-refractivity contribution in [3.05, 3.63) is 112 Å². The summed E-state index contributed by atoms with van der Waals surface area (Å²) in [5.41, 5.74) is 12.4. The summed E-state index contributed by atoms with van der Waals surface area (Å²) in [7, 11) is 3.86. The fourth-order valence-electron chi connectivity index (χ4n) is 6.98. The number of carbonyl (C=O) groups is 2. The Morgan fingerprint density at radius 3 is 2.31 bits per heavy atom. The number of carbonyl (C=O) groups excluding carboxylic acids is 2. The SMILES string of the molecule is Cc1n[nH]c(C)c1-c1ccc(NC(=O)[C@@H](NC(=O)c2ccnn2C)[C@@H]2CCc3ccc(-c4ccc5c(c4)CN(C)C5)cc32)cc1. The van der Waals surface area contributed by atoms with Gasteiger partial charge >= 0.3 is 0 Å². The Hall–Kier alpha value is -5.02. The van der Waals surface area contributed by atoms with Crippen LogP contribution in [0, 0.1) is 13.8 Å². The molecule has 0 fully saturated rings. The van der Waals surface area contributed by atoms with E-state index in [0.29, 0.717) is 11.4 Å². The van der Waals surface area contributed by atoms with E-state index in [9.17, 15) is 9.59 Å². The Morgan fingerprint density at radius 1 is 0.889 bits per heavy atom. The molecule has 9 nitrogen and oxygen atoms in total. The minimum atomic E-state index is -0.782. The maximum Gasteiger partial charge on any atom is 0.270 e. The van der Waals surface area contributed by atoms with Crippen LogP contribution in [0.5, 0.6) is 0 Å². The molecule has 0 radical (unpaired) electrons. The second-order valence-corrected chi connectivity index (χ2v) is 12.4. The standard InChI is InChI=1S/C36H37N7O2/c1-21-33(22(2)41-40-21)24-9-12-29(13-10-24)38-36(45)34(39-35(44)32-15-16-37-43(32)4)30-14-11-23-5-6-26(18-31(23)30)25-7-8-27-19-42(3)20-28(27)17-25/h5-10,12-13,15-18,30,34H,11,14,19-20H2,1-4H3,(H,38,45)(H,39,44)(H,40,41)/t30-,34+/m1/s1. The van der Waals surface area contributed by atoms with Crippen molar-refractivity contribution >= 4 is 17.5 Å². The van der Waals surface area contributed by atoms with Gasteiger partial charge in [-0.2, -0.15) is 10.2 Å². The Morgan fingerprint density at radius 2 is 1.60 bits per heavy atom. The predicted octanol–water partition coefficient (Wildman–Crippen LogP) is 5.51. The summed E-state index contributed by atoms with van der Waals surface area (Å²) >= 11 is 0. The number of aromatic nitrogens is 4.